The number of likely N-dealkylation sites (N-methyl/N-ethyl adjacent to an activating group) is 2. The normalized spacial score (nSPS) is 13.3. The van der Waals surface area contributed by atoms with Crippen LogP contribution >= 0.6 is 0 Å². The van der Waals surface area contributed by atoms with Gasteiger partial charge in [0.1, 0.15) is 18.7 Å². The van der Waals surface area contributed by atoms with E-state index in [-0.39, 0.29) is 76.7 Å². The highest BCUT2D eigenvalue weighted by atomic mass is 16.6. The van der Waals surface area contributed by atoms with Crippen molar-refractivity contribution in [1.82, 2.24) is 31.1 Å². The molecule has 1 aliphatic rings. The highest BCUT2D eigenvalue weighted by Crippen LogP contribution is 2.13. The number of ether oxygens (including phenoxy) is 5. The lowest BCUT2D eigenvalue weighted by molar-refractivity contribution is -0.137. The average Bonchev–Trinajstić information content (AvgIpc) is 3.51. The van der Waals surface area contributed by atoms with Gasteiger partial charge in [-0.3, -0.25) is 28.9 Å². The fourth-order valence-corrected chi connectivity index (χ4v) is 5.10. The molecule has 0 fully saturated rings. The Morgan fingerprint density at radius 1 is 0.793 bits per heavy atom. The minimum Gasteiger partial charge on any atom is -0.445 e. The lowest BCUT2D eigenvalue weighted by Gasteiger charge is -2.25. The van der Waals surface area contributed by atoms with Crippen molar-refractivity contribution in [2.24, 2.45) is 11.7 Å². The zero-order valence-corrected chi connectivity index (χ0v) is 33.9. The summed E-state index contributed by atoms with van der Waals surface area (Å²) < 4.78 is 27.1. The molecule has 20 nitrogen and oxygen atoms in total. The summed E-state index contributed by atoms with van der Waals surface area (Å²) in [7, 11) is 3.43. The van der Waals surface area contributed by atoms with E-state index < -0.39 is 41.9 Å². The Kier molecular flexibility index (Phi) is 23.9. The molecule has 0 saturated carbocycles. The number of urea groups is 1. The summed E-state index contributed by atoms with van der Waals surface area (Å²) in [5, 5.41) is 13.7. The molecule has 2 rings (SSSR count). The van der Waals surface area contributed by atoms with Crippen LogP contribution in [-0.2, 0) is 54.3 Å². The molecule has 0 spiro atoms. The zero-order valence-electron chi connectivity index (χ0n) is 33.9. The number of hydrogen-bond acceptors (Lipinski definition) is 13. The first kappa shape index (κ1) is 49.0. The number of imide groups is 1. The second kappa shape index (κ2) is 28.3. The molecule has 20 heteroatoms. The number of hydrogen-bond donors (Lipinski definition) is 6. The van der Waals surface area contributed by atoms with E-state index in [0.29, 0.717) is 57.2 Å². The summed E-state index contributed by atoms with van der Waals surface area (Å²) in [6.45, 7) is 7.13. The minimum atomic E-state index is -1.01. The number of benzene rings is 1. The quantitative estimate of drug-likeness (QED) is 0.0437. The van der Waals surface area contributed by atoms with Gasteiger partial charge in [0.2, 0.25) is 17.7 Å². The summed E-state index contributed by atoms with van der Waals surface area (Å²) in [6, 6.07) is 4.01. The van der Waals surface area contributed by atoms with Gasteiger partial charge in [0.25, 0.3) is 11.8 Å². The first-order valence-electron chi connectivity index (χ1n) is 19.2. The van der Waals surface area contributed by atoms with Crippen LogP contribution in [0.1, 0.15) is 38.7 Å². The number of nitrogens with one attached hydrogen (secondary N) is 5. The van der Waals surface area contributed by atoms with Crippen molar-refractivity contribution >= 4 is 47.3 Å². The lowest BCUT2D eigenvalue weighted by Crippen LogP contribution is -2.54. The van der Waals surface area contributed by atoms with Crippen LogP contribution in [-0.4, -0.2) is 157 Å². The molecule has 0 saturated heterocycles. The van der Waals surface area contributed by atoms with E-state index in [9.17, 15) is 33.6 Å². The number of anilines is 1. The molecule has 8 amide bonds. The molecule has 0 aliphatic carbocycles. The first-order chi connectivity index (χ1) is 27.8. The van der Waals surface area contributed by atoms with Crippen LogP contribution in [0.2, 0.25) is 0 Å². The Morgan fingerprint density at radius 2 is 1.38 bits per heavy atom. The number of carbonyl (C=O) groups excluding carboxylic acids is 7. The van der Waals surface area contributed by atoms with Crippen molar-refractivity contribution < 1.29 is 57.2 Å². The number of carbonyl (C=O) groups is 7. The van der Waals surface area contributed by atoms with Gasteiger partial charge in [-0.25, -0.2) is 9.59 Å². The molecular weight excluding hydrogens is 760 g/mol. The highest BCUT2D eigenvalue weighted by Gasteiger charge is 2.29. The van der Waals surface area contributed by atoms with Gasteiger partial charge in [0.15, 0.2) is 0 Å². The minimum absolute atomic E-state index is 0.0128. The maximum Gasteiger partial charge on any atom is 0.409 e. The average molecular weight is 821 g/mol. The molecule has 0 aromatic heterocycles. The topological polar surface area (TPSA) is 258 Å². The maximum atomic E-state index is 13.4. The predicted octanol–water partition coefficient (Wildman–Crippen LogP) is -0.131. The van der Waals surface area contributed by atoms with E-state index in [1.807, 2.05) is 0 Å². The van der Waals surface area contributed by atoms with Crippen molar-refractivity contribution in [1.29, 1.82) is 0 Å². The molecule has 0 bridgehead atoms. The molecule has 1 aromatic rings. The summed E-state index contributed by atoms with van der Waals surface area (Å²) in [4.78, 5) is 88.4. The van der Waals surface area contributed by atoms with E-state index in [1.54, 1.807) is 52.2 Å². The van der Waals surface area contributed by atoms with Crippen LogP contribution in [0.5, 0.6) is 0 Å². The van der Waals surface area contributed by atoms with Gasteiger partial charge >= 0.3 is 12.1 Å². The van der Waals surface area contributed by atoms with E-state index >= 15 is 0 Å². The molecule has 0 radical (unpaired) electrons. The van der Waals surface area contributed by atoms with Gasteiger partial charge < -0.3 is 60.9 Å². The SMILES string of the molecule is CNCCN(C)C(=O)OCc1ccc(NC(=O)[C@H](CCCNC(N)=O)NC(=O)[C@@H](NC(=O)CCOCCOCCOCCOCCN2C(=O)C=CC2=O)C(C)C)cc1. The summed E-state index contributed by atoms with van der Waals surface area (Å²) in [5.74, 6) is -2.50. The number of rotatable bonds is 30. The third-order valence-electron chi connectivity index (χ3n) is 8.41. The van der Waals surface area contributed by atoms with Gasteiger partial charge in [-0.2, -0.15) is 0 Å². The predicted molar refractivity (Wildman–Crippen MR) is 211 cm³/mol. The molecule has 58 heavy (non-hydrogen) atoms. The van der Waals surface area contributed by atoms with Gasteiger partial charge in [0.05, 0.1) is 59.4 Å². The summed E-state index contributed by atoms with van der Waals surface area (Å²) >= 11 is 0. The Bertz CT molecular complexity index is 1480. The smallest absolute Gasteiger partial charge is 0.409 e. The molecule has 1 aromatic carbocycles. The second-order valence-electron chi connectivity index (χ2n) is 13.4. The lowest BCUT2D eigenvalue weighted by atomic mass is 10.0. The van der Waals surface area contributed by atoms with Gasteiger partial charge in [0, 0.05) is 50.9 Å². The van der Waals surface area contributed by atoms with Crippen molar-refractivity contribution in [3.63, 3.8) is 0 Å². The van der Waals surface area contributed by atoms with Crippen LogP contribution in [0.25, 0.3) is 0 Å². The van der Waals surface area contributed by atoms with Crippen LogP contribution in [0, 0.1) is 5.92 Å². The second-order valence-corrected chi connectivity index (χ2v) is 13.4. The van der Waals surface area contributed by atoms with E-state index in [2.05, 4.69) is 26.6 Å². The van der Waals surface area contributed by atoms with Crippen LogP contribution in [0.4, 0.5) is 15.3 Å². The van der Waals surface area contributed by atoms with Crippen LogP contribution in [0.15, 0.2) is 36.4 Å². The number of primary amides is 1. The third kappa shape index (κ3) is 20.3. The summed E-state index contributed by atoms with van der Waals surface area (Å²) in [6.07, 6.45) is 2.45. The molecule has 324 valence electrons. The summed E-state index contributed by atoms with van der Waals surface area (Å²) in [5.41, 5.74) is 6.31. The zero-order chi connectivity index (χ0) is 42.7. The molecular formula is C38H60N8O12. The number of amides is 8. The van der Waals surface area contributed by atoms with Crippen molar-refractivity contribution in [3.8, 4) is 0 Å². The van der Waals surface area contributed by atoms with Gasteiger partial charge in [-0.15, -0.1) is 0 Å². The van der Waals surface area contributed by atoms with E-state index in [1.165, 1.54) is 17.1 Å². The standard InChI is InChI=1S/C38H60N8O12/c1-27(2)34(44-31(47)13-18-54-20-22-56-24-25-57-23-21-55-19-17-46-32(48)11-12-33(46)49)36(51)43-30(6-5-14-41-37(39)52)35(50)42-29-9-7-28(8-10-29)26-58-38(53)45(4)16-15-40-3/h7-12,27,30,34,40H,5-6,13-26H2,1-4H3,(H,42,50)(H,43,51)(H,44,47)(H3,39,41,52)/t30-,34-/m0/s1. The van der Waals surface area contributed by atoms with Crippen molar-refractivity contribution in [2.75, 3.05) is 98.4 Å². The highest BCUT2D eigenvalue weighted by molar-refractivity contribution is 6.12. The van der Waals surface area contributed by atoms with Crippen LogP contribution in [0.3, 0.4) is 0 Å². The molecule has 0 unspecified atom stereocenters. The van der Waals surface area contributed by atoms with Crippen molar-refractivity contribution in [3.05, 3.63) is 42.0 Å². The molecule has 2 atom stereocenters. The van der Waals surface area contributed by atoms with Gasteiger partial charge in [-0.05, 0) is 43.5 Å². The molecule has 7 N–H and O–H groups in total. The van der Waals surface area contributed by atoms with E-state index in [0.717, 1.165) is 4.90 Å². The Hall–Kier alpha value is -5.15. The van der Waals surface area contributed by atoms with Crippen LogP contribution < -0.4 is 32.3 Å². The monoisotopic (exact) mass is 820 g/mol. The largest absolute Gasteiger partial charge is 0.445 e. The van der Waals surface area contributed by atoms with Gasteiger partial charge in [-0.1, -0.05) is 26.0 Å². The maximum absolute atomic E-state index is 13.4. The first-order valence-corrected chi connectivity index (χ1v) is 19.2. The number of nitrogens with zero attached hydrogens (tertiary/aromatic N) is 2. The number of nitrogens with two attached hydrogens (primary N) is 1. The van der Waals surface area contributed by atoms with Crippen molar-refractivity contribution in [2.45, 2.75) is 51.8 Å². The fourth-order valence-electron chi connectivity index (χ4n) is 5.10. The molecule has 1 aliphatic heterocycles. The van der Waals surface area contributed by atoms with E-state index in [4.69, 9.17) is 29.4 Å². The molecule has 1 heterocycles. The fraction of sp³-hybridized carbons (Fsp3) is 0.605. The third-order valence-corrected chi connectivity index (χ3v) is 8.41. The Labute approximate surface area is 339 Å². The Balaban J connectivity index is 1.72. The Morgan fingerprint density at radius 3 is 1.95 bits per heavy atom.